The Bertz CT molecular complexity index is 1580. The van der Waals surface area contributed by atoms with Gasteiger partial charge in [-0.2, -0.15) is 0 Å². The quantitative estimate of drug-likeness (QED) is 0.300. The fourth-order valence-corrected chi connectivity index (χ4v) is 3.98. The molecule has 0 saturated heterocycles. The molecule has 3 heterocycles. The molecule has 2 aromatic heterocycles. The Labute approximate surface area is 207 Å². The summed E-state index contributed by atoms with van der Waals surface area (Å²) in [7, 11) is 0. The molecule has 1 aliphatic heterocycles. The predicted octanol–water partition coefficient (Wildman–Crippen LogP) is 6.15. The van der Waals surface area contributed by atoms with Crippen molar-refractivity contribution in [3.8, 4) is 23.1 Å². The number of halogens is 1. The molecule has 0 unspecified atom stereocenters. The van der Waals surface area contributed by atoms with Gasteiger partial charge in [0.15, 0.2) is 15.2 Å². The third kappa shape index (κ3) is 4.43. The van der Waals surface area contributed by atoms with Crippen LogP contribution in [0.4, 0.5) is 0 Å². The van der Waals surface area contributed by atoms with E-state index < -0.39 is 5.56 Å². The number of aromatic amines is 1. The number of furan rings is 1. The van der Waals surface area contributed by atoms with Gasteiger partial charge in [-0.1, -0.05) is 18.2 Å². The van der Waals surface area contributed by atoms with E-state index in [1.807, 2.05) is 30.3 Å². The van der Waals surface area contributed by atoms with Crippen LogP contribution in [0.5, 0.6) is 17.4 Å². The lowest BCUT2D eigenvalue weighted by molar-refractivity contribution is 0.431. The summed E-state index contributed by atoms with van der Waals surface area (Å²) in [5.74, 6) is 1.61. The van der Waals surface area contributed by atoms with Crippen LogP contribution in [-0.2, 0) is 0 Å². The van der Waals surface area contributed by atoms with Crippen LogP contribution in [0, 0.1) is 4.77 Å². The Kier molecular flexibility index (Phi) is 5.87. The van der Waals surface area contributed by atoms with Gasteiger partial charge in [0.1, 0.15) is 22.8 Å². The van der Waals surface area contributed by atoms with Crippen molar-refractivity contribution in [2.75, 3.05) is 0 Å². The van der Waals surface area contributed by atoms with Crippen molar-refractivity contribution in [2.24, 2.45) is 4.99 Å². The lowest BCUT2D eigenvalue weighted by Crippen LogP contribution is -2.16. The molecule has 7 nitrogen and oxygen atoms in total. The minimum atomic E-state index is -0.520. The highest BCUT2D eigenvalue weighted by Crippen LogP contribution is 2.27. The zero-order valence-electron chi connectivity index (χ0n) is 17.4. The van der Waals surface area contributed by atoms with E-state index in [1.54, 1.807) is 48.6 Å². The average molecular weight is 534 g/mol. The number of ether oxygens (including phenoxy) is 1. The van der Waals surface area contributed by atoms with Gasteiger partial charge >= 0.3 is 0 Å². The van der Waals surface area contributed by atoms with Crippen LogP contribution >= 0.6 is 28.1 Å². The number of nitrogens with one attached hydrogen (secondary N) is 1. The highest BCUT2D eigenvalue weighted by Gasteiger charge is 2.16. The molecule has 2 N–H and O–H groups in total. The number of nitrogens with zero attached hydrogens (tertiary/aromatic N) is 2. The lowest BCUT2D eigenvalue weighted by Gasteiger charge is -2.12. The molecule has 0 amide bonds. The maximum Gasteiger partial charge on any atom is 0.262 e. The van der Waals surface area contributed by atoms with Crippen molar-refractivity contribution in [1.82, 2.24) is 9.55 Å². The topological polar surface area (TPSA) is 92.8 Å². The van der Waals surface area contributed by atoms with Gasteiger partial charge in [-0.15, -0.1) is 0 Å². The molecule has 1 aliphatic rings. The van der Waals surface area contributed by atoms with E-state index in [2.05, 4.69) is 25.9 Å². The van der Waals surface area contributed by atoms with Gasteiger partial charge < -0.3 is 14.3 Å². The van der Waals surface area contributed by atoms with E-state index in [0.29, 0.717) is 39.0 Å². The Hall–Kier alpha value is -3.95. The number of aromatic nitrogens is 2. The normalized spacial score (nSPS) is 13.9. The molecule has 0 aliphatic carbocycles. The van der Waals surface area contributed by atoms with E-state index in [0.717, 1.165) is 0 Å². The van der Waals surface area contributed by atoms with Gasteiger partial charge in [0, 0.05) is 0 Å². The standard InChI is InChI=1S/C25H16BrN3O4S/c26-22-13-12-21(33-22)20-11-6-15(27-20)14-19-23(30)28-25(34)29(24(19)31)16-7-9-18(10-8-16)32-17-4-2-1-3-5-17/h1-14,31H,(H,28,30,34). The average Bonchev–Trinajstić information content (AvgIpc) is 3.47. The molecule has 5 rings (SSSR count). The molecule has 0 fully saturated rings. The summed E-state index contributed by atoms with van der Waals surface area (Å²) < 4.78 is 13.4. The third-order valence-electron chi connectivity index (χ3n) is 4.97. The largest absolute Gasteiger partial charge is 0.494 e. The summed E-state index contributed by atoms with van der Waals surface area (Å²) in [6.45, 7) is 0. The van der Waals surface area contributed by atoms with Crippen molar-refractivity contribution in [3.63, 3.8) is 0 Å². The van der Waals surface area contributed by atoms with Gasteiger partial charge in [0.25, 0.3) is 5.56 Å². The Morgan fingerprint density at radius 2 is 1.76 bits per heavy atom. The van der Waals surface area contributed by atoms with E-state index >= 15 is 0 Å². The van der Waals surface area contributed by atoms with Crippen LogP contribution in [0.25, 0.3) is 11.8 Å². The number of hydrogen-bond donors (Lipinski definition) is 2. The SMILES string of the molecule is O=c1[nH]c(=S)n(-c2ccc(Oc3ccccc3)cc2)c(O)c1C=C1C=CC(c2ccc(Br)o2)=N1. The number of para-hydroxylation sites is 1. The first-order valence-corrected chi connectivity index (χ1v) is 11.3. The Balaban J connectivity index is 1.48. The molecule has 2 aromatic carbocycles. The van der Waals surface area contributed by atoms with Crippen LogP contribution in [0.15, 0.2) is 103 Å². The second kappa shape index (κ2) is 9.12. The van der Waals surface area contributed by atoms with Gasteiger partial charge in [0.05, 0.1) is 11.4 Å². The minimum Gasteiger partial charge on any atom is -0.494 e. The third-order valence-corrected chi connectivity index (χ3v) is 5.68. The molecule has 4 aromatic rings. The predicted molar refractivity (Wildman–Crippen MR) is 135 cm³/mol. The highest BCUT2D eigenvalue weighted by molar-refractivity contribution is 9.10. The summed E-state index contributed by atoms with van der Waals surface area (Å²) in [6, 6.07) is 19.9. The van der Waals surface area contributed by atoms with Crippen LogP contribution in [0.2, 0.25) is 0 Å². The lowest BCUT2D eigenvalue weighted by atomic mass is 10.2. The van der Waals surface area contributed by atoms with Crippen molar-refractivity contribution in [1.29, 1.82) is 0 Å². The number of benzene rings is 2. The molecule has 0 bridgehead atoms. The molecule has 0 radical (unpaired) electrons. The fourth-order valence-electron chi connectivity index (χ4n) is 3.39. The highest BCUT2D eigenvalue weighted by atomic mass is 79.9. The van der Waals surface area contributed by atoms with Crippen LogP contribution in [0.1, 0.15) is 11.3 Å². The monoisotopic (exact) mass is 533 g/mol. The number of aliphatic imine (C=N–C) groups is 1. The number of hydrogen-bond acceptors (Lipinski definition) is 6. The summed E-state index contributed by atoms with van der Waals surface area (Å²) in [4.78, 5) is 19.7. The number of allylic oxidation sites excluding steroid dienone is 2. The second-order valence-electron chi connectivity index (χ2n) is 7.24. The van der Waals surface area contributed by atoms with Gasteiger partial charge in [0.2, 0.25) is 5.88 Å². The fraction of sp³-hybridized carbons (Fsp3) is 0. The zero-order valence-corrected chi connectivity index (χ0v) is 19.8. The van der Waals surface area contributed by atoms with Crippen molar-refractivity contribution >= 4 is 39.9 Å². The second-order valence-corrected chi connectivity index (χ2v) is 8.41. The minimum absolute atomic E-state index is 0.0310. The molecule has 0 atom stereocenters. The maximum absolute atomic E-state index is 12.6. The molecule has 168 valence electrons. The summed E-state index contributed by atoms with van der Waals surface area (Å²) in [5.41, 5.74) is 1.16. The van der Waals surface area contributed by atoms with Crippen LogP contribution in [-0.4, -0.2) is 20.4 Å². The number of aromatic hydroxyl groups is 1. The van der Waals surface area contributed by atoms with Crippen molar-refractivity contribution in [3.05, 3.63) is 116 Å². The van der Waals surface area contributed by atoms with Gasteiger partial charge in [-0.25, -0.2) is 4.99 Å². The van der Waals surface area contributed by atoms with E-state index in [4.69, 9.17) is 21.4 Å². The Morgan fingerprint density at radius 1 is 1.03 bits per heavy atom. The molecule has 0 spiro atoms. The number of rotatable bonds is 5. The zero-order chi connectivity index (χ0) is 23.7. The first kappa shape index (κ1) is 21.9. The molecular formula is C25H16BrN3O4S. The first-order valence-electron chi connectivity index (χ1n) is 10.1. The Morgan fingerprint density at radius 3 is 2.47 bits per heavy atom. The van der Waals surface area contributed by atoms with E-state index in [9.17, 15) is 9.90 Å². The summed E-state index contributed by atoms with van der Waals surface area (Å²) >= 11 is 8.58. The van der Waals surface area contributed by atoms with Gasteiger partial charge in [-0.3, -0.25) is 14.3 Å². The maximum atomic E-state index is 12.6. The van der Waals surface area contributed by atoms with Crippen molar-refractivity contribution in [2.45, 2.75) is 0 Å². The summed E-state index contributed by atoms with van der Waals surface area (Å²) in [6.07, 6.45) is 4.99. The van der Waals surface area contributed by atoms with E-state index in [-0.39, 0.29) is 16.2 Å². The smallest absolute Gasteiger partial charge is 0.262 e. The summed E-state index contributed by atoms with van der Waals surface area (Å²) in [5, 5.41) is 11.0. The molecular weight excluding hydrogens is 518 g/mol. The van der Waals surface area contributed by atoms with Crippen LogP contribution < -0.4 is 10.3 Å². The van der Waals surface area contributed by atoms with Crippen molar-refractivity contribution < 1.29 is 14.3 Å². The van der Waals surface area contributed by atoms with Gasteiger partial charge in [-0.05, 0) is 94.9 Å². The van der Waals surface area contributed by atoms with Crippen LogP contribution in [0.3, 0.4) is 0 Å². The molecule has 9 heteroatoms. The van der Waals surface area contributed by atoms with E-state index in [1.165, 1.54) is 10.6 Å². The number of H-pyrrole nitrogens is 1. The molecule has 0 saturated carbocycles. The molecule has 34 heavy (non-hydrogen) atoms. The first-order chi connectivity index (χ1) is 16.5.